The summed E-state index contributed by atoms with van der Waals surface area (Å²) in [6.07, 6.45) is 0.253. The lowest BCUT2D eigenvalue weighted by molar-refractivity contribution is -0.122. The van der Waals surface area contributed by atoms with Crippen LogP contribution in [0.1, 0.15) is 42.9 Å². The smallest absolute Gasteiger partial charge is 0.229 e. The van der Waals surface area contributed by atoms with Gasteiger partial charge in [0, 0.05) is 24.3 Å². The van der Waals surface area contributed by atoms with E-state index in [9.17, 15) is 9.59 Å². The summed E-state index contributed by atoms with van der Waals surface area (Å²) in [4.78, 5) is 26.8. The molecule has 4 nitrogen and oxygen atoms in total. The minimum Gasteiger partial charge on any atom is -0.326 e. The third-order valence-electron chi connectivity index (χ3n) is 5.02. The lowest BCUT2D eigenvalue weighted by atomic mass is 10.0. The van der Waals surface area contributed by atoms with Gasteiger partial charge in [0.1, 0.15) is 0 Å². The molecule has 136 valence electrons. The Labute approximate surface area is 155 Å². The molecule has 3 rings (SSSR count). The standard InChI is InChI=1S/C22H26N2O2/c1-14(2)17-7-9-19(10-8-17)24-13-18(12-21(24)25)22(26)23-20-11-15(3)5-6-16(20)4/h5-11,14,18H,12-13H2,1-4H3,(H,23,26). The number of amides is 2. The molecule has 1 aliphatic heterocycles. The first-order valence-corrected chi connectivity index (χ1v) is 9.13. The second-order valence-corrected chi connectivity index (χ2v) is 7.46. The van der Waals surface area contributed by atoms with Gasteiger partial charge in [-0.3, -0.25) is 9.59 Å². The Hall–Kier alpha value is -2.62. The Kier molecular flexibility index (Phi) is 5.12. The van der Waals surface area contributed by atoms with Crippen molar-refractivity contribution in [1.82, 2.24) is 0 Å². The van der Waals surface area contributed by atoms with Gasteiger partial charge in [0.2, 0.25) is 11.8 Å². The largest absolute Gasteiger partial charge is 0.326 e. The van der Waals surface area contributed by atoms with E-state index in [1.165, 1.54) is 5.56 Å². The van der Waals surface area contributed by atoms with Crippen LogP contribution in [0.2, 0.25) is 0 Å². The van der Waals surface area contributed by atoms with Crippen molar-refractivity contribution in [3.8, 4) is 0 Å². The van der Waals surface area contributed by atoms with Crippen LogP contribution in [0.4, 0.5) is 11.4 Å². The van der Waals surface area contributed by atoms with E-state index in [1.54, 1.807) is 4.90 Å². The summed E-state index contributed by atoms with van der Waals surface area (Å²) in [7, 11) is 0. The number of anilines is 2. The molecule has 4 heteroatoms. The quantitative estimate of drug-likeness (QED) is 0.887. The van der Waals surface area contributed by atoms with Crippen molar-refractivity contribution in [2.24, 2.45) is 5.92 Å². The minimum atomic E-state index is -0.327. The number of nitrogens with zero attached hydrogens (tertiary/aromatic N) is 1. The molecule has 1 heterocycles. The van der Waals surface area contributed by atoms with Crippen LogP contribution in [0.5, 0.6) is 0 Å². The number of hydrogen-bond donors (Lipinski definition) is 1. The molecule has 1 atom stereocenters. The van der Waals surface area contributed by atoms with Gasteiger partial charge in [0.25, 0.3) is 0 Å². The van der Waals surface area contributed by atoms with E-state index in [1.807, 2.05) is 44.2 Å². The van der Waals surface area contributed by atoms with Gasteiger partial charge in [-0.2, -0.15) is 0 Å². The fourth-order valence-corrected chi connectivity index (χ4v) is 3.28. The van der Waals surface area contributed by atoms with Crippen LogP contribution >= 0.6 is 0 Å². The van der Waals surface area contributed by atoms with E-state index in [2.05, 4.69) is 31.3 Å². The van der Waals surface area contributed by atoms with Crippen LogP contribution < -0.4 is 10.2 Å². The predicted octanol–water partition coefficient (Wildman–Crippen LogP) is 4.42. The summed E-state index contributed by atoms with van der Waals surface area (Å²) in [5, 5.41) is 2.99. The van der Waals surface area contributed by atoms with E-state index < -0.39 is 0 Å². The molecule has 0 bridgehead atoms. The maximum atomic E-state index is 12.7. The molecule has 0 spiro atoms. The monoisotopic (exact) mass is 350 g/mol. The molecule has 1 fully saturated rings. The molecule has 2 aromatic rings. The highest BCUT2D eigenvalue weighted by atomic mass is 16.2. The third-order valence-corrected chi connectivity index (χ3v) is 5.02. The Morgan fingerprint density at radius 2 is 1.81 bits per heavy atom. The van der Waals surface area contributed by atoms with Gasteiger partial charge in [-0.05, 0) is 54.7 Å². The van der Waals surface area contributed by atoms with E-state index in [-0.39, 0.29) is 24.2 Å². The van der Waals surface area contributed by atoms with Crippen LogP contribution in [0.15, 0.2) is 42.5 Å². The second kappa shape index (κ2) is 7.32. The summed E-state index contributed by atoms with van der Waals surface area (Å²) in [6.45, 7) is 8.68. The van der Waals surface area contributed by atoms with Gasteiger partial charge in [-0.25, -0.2) is 0 Å². The molecule has 0 saturated carbocycles. The summed E-state index contributed by atoms with van der Waals surface area (Å²) < 4.78 is 0. The first-order chi connectivity index (χ1) is 12.3. The van der Waals surface area contributed by atoms with Crippen molar-refractivity contribution in [1.29, 1.82) is 0 Å². The number of hydrogen-bond acceptors (Lipinski definition) is 2. The minimum absolute atomic E-state index is 0.00316. The molecular weight excluding hydrogens is 324 g/mol. The lowest BCUT2D eigenvalue weighted by Crippen LogP contribution is -2.28. The van der Waals surface area contributed by atoms with Crippen molar-refractivity contribution >= 4 is 23.2 Å². The van der Waals surface area contributed by atoms with Crippen LogP contribution in [0.25, 0.3) is 0 Å². The lowest BCUT2D eigenvalue weighted by Gasteiger charge is -2.18. The Morgan fingerprint density at radius 1 is 1.12 bits per heavy atom. The topological polar surface area (TPSA) is 49.4 Å². The molecule has 1 saturated heterocycles. The van der Waals surface area contributed by atoms with E-state index in [4.69, 9.17) is 0 Å². The average molecular weight is 350 g/mol. The van der Waals surface area contributed by atoms with Gasteiger partial charge in [0.05, 0.1) is 5.92 Å². The van der Waals surface area contributed by atoms with Crippen molar-refractivity contribution < 1.29 is 9.59 Å². The van der Waals surface area contributed by atoms with Crippen LogP contribution in [0, 0.1) is 19.8 Å². The van der Waals surface area contributed by atoms with E-state index >= 15 is 0 Å². The number of carbonyl (C=O) groups is 2. The molecule has 1 unspecified atom stereocenters. The summed E-state index contributed by atoms with van der Waals surface area (Å²) in [6, 6.07) is 14.0. The summed E-state index contributed by atoms with van der Waals surface area (Å²) >= 11 is 0. The molecule has 0 radical (unpaired) electrons. The number of rotatable bonds is 4. The molecule has 1 aliphatic rings. The van der Waals surface area contributed by atoms with Gasteiger partial charge >= 0.3 is 0 Å². The zero-order chi connectivity index (χ0) is 18.8. The molecular formula is C22H26N2O2. The van der Waals surface area contributed by atoms with Crippen molar-refractivity contribution in [2.75, 3.05) is 16.8 Å². The first kappa shape index (κ1) is 18.2. The molecule has 2 aromatic carbocycles. The fourth-order valence-electron chi connectivity index (χ4n) is 3.28. The molecule has 0 aliphatic carbocycles. The summed E-state index contributed by atoms with van der Waals surface area (Å²) in [5.41, 5.74) is 5.04. The predicted molar refractivity (Wildman–Crippen MR) is 106 cm³/mol. The maximum absolute atomic E-state index is 12.7. The fraction of sp³-hybridized carbons (Fsp3) is 0.364. The Morgan fingerprint density at radius 3 is 2.46 bits per heavy atom. The van der Waals surface area contributed by atoms with Crippen LogP contribution in [-0.2, 0) is 9.59 Å². The molecule has 26 heavy (non-hydrogen) atoms. The van der Waals surface area contributed by atoms with E-state index in [0.717, 1.165) is 22.5 Å². The van der Waals surface area contributed by atoms with Crippen molar-refractivity contribution in [3.63, 3.8) is 0 Å². The number of aryl methyl sites for hydroxylation is 2. The van der Waals surface area contributed by atoms with Crippen LogP contribution in [-0.4, -0.2) is 18.4 Å². The van der Waals surface area contributed by atoms with Gasteiger partial charge in [-0.1, -0.05) is 38.1 Å². The second-order valence-electron chi connectivity index (χ2n) is 7.46. The molecule has 1 N–H and O–H groups in total. The van der Waals surface area contributed by atoms with Crippen molar-refractivity contribution in [2.45, 2.75) is 40.0 Å². The van der Waals surface area contributed by atoms with Gasteiger partial charge < -0.3 is 10.2 Å². The SMILES string of the molecule is Cc1ccc(C)c(NC(=O)C2CC(=O)N(c3ccc(C(C)C)cc3)C2)c1. The number of nitrogens with one attached hydrogen (secondary N) is 1. The number of benzene rings is 2. The van der Waals surface area contributed by atoms with E-state index in [0.29, 0.717) is 12.5 Å². The highest BCUT2D eigenvalue weighted by Gasteiger charge is 2.35. The average Bonchev–Trinajstić information content (AvgIpc) is 3.00. The third kappa shape index (κ3) is 3.79. The maximum Gasteiger partial charge on any atom is 0.229 e. The Bertz CT molecular complexity index is 825. The van der Waals surface area contributed by atoms with Gasteiger partial charge in [-0.15, -0.1) is 0 Å². The normalized spacial score (nSPS) is 17.0. The highest BCUT2D eigenvalue weighted by Crippen LogP contribution is 2.28. The Balaban J connectivity index is 1.70. The van der Waals surface area contributed by atoms with Crippen molar-refractivity contribution in [3.05, 3.63) is 59.2 Å². The zero-order valence-electron chi connectivity index (χ0n) is 15.9. The highest BCUT2D eigenvalue weighted by molar-refractivity contribution is 6.03. The first-order valence-electron chi connectivity index (χ1n) is 9.13. The van der Waals surface area contributed by atoms with Crippen LogP contribution in [0.3, 0.4) is 0 Å². The summed E-state index contributed by atoms with van der Waals surface area (Å²) in [5.74, 6) is 0.0402. The number of carbonyl (C=O) groups excluding carboxylic acids is 2. The van der Waals surface area contributed by atoms with Gasteiger partial charge in [0.15, 0.2) is 0 Å². The zero-order valence-corrected chi connectivity index (χ0v) is 15.9. The molecule has 0 aromatic heterocycles. The molecule has 2 amide bonds.